The van der Waals surface area contributed by atoms with Crippen LogP contribution in [0.1, 0.15) is 17.5 Å². The SMILES string of the molecule is Cc1cccc2cc(CNCC3(N4CCC(F)C4)COC3)cnc12. The molecule has 128 valence electrons. The lowest BCUT2D eigenvalue weighted by molar-refractivity contribution is -0.133. The summed E-state index contributed by atoms with van der Waals surface area (Å²) in [6.45, 7) is 6.45. The number of fused-ring (bicyclic) bond motifs is 1. The smallest absolute Gasteiger partial charge is 0.114 e. The molecule has 0 amide bonds. The molecule has 24 heavy (non-hydrogen) atoms. The highest BCUT2D eigenvalue weighted by molar-refractivity contribution is 5.81. The molecule has 2 aliphatic rings. The van der Waals surface area contributed by atoms with Gasteiger partial charge in [0, 0.05) is 37.8 Å². The number of nitrogens with zero attached hydrogens (tertiary/aromatic N) is 2. The van der Waals surface area contributed by atoms with Gasteiger partial charge in [0.2, 0.25) is 0 Å². The van der Waals surface area contributed by atoms with E-state index in [0.717, 1.165) is 25.2 Å². The third-order valence-corrected chi connectivity index (χ3v) is 5.30. The Morgan fingerprint density at radius 2 is 2.29 bits per heavy atom. The third-order valence-electron chi connectivity index (χ3n) is 5.30. The molecule has 4 rings (SSSR count). The second-order valence-electron chi connectivity index (χ2n) is 7.14. The Morgan fingerprint density at radius 3 is 3.00 bits per heavy atom. The normalized spacial score (nSPS) is 23.5. The summed E-state index contributed by atoms with van der Waals surface area (Å²) in [5.74, 6) is 0. The maximum Gasteiger partial charge on any atom is 0.114 e. The number of hydrogen-bond donors (Lipinski definition) is 1. The van der Waals surface area contributed by atoms with Gasteiger partial charge in [0.05, 0.1) is 24.3 Å². The van der Waals surface area contributed by atoms with Crippen LogP contribution in [-0.4, -0.2) is 54.4 Å². The van der Waals surface area contributed by atoms with Gasteiger partial charge in [-0.25, -0.2) is 4.39 Å². The second-order valence-corrected chi connectivity index (χ2v) is 7.14. The molecule has 1 N–H and O–H groups in total. The van der Waals surface area contributed by atoms with E-state index in [9.17, 15) is 4.39 Å². The minimum absolute atomic E-state index is 0.0261. The minimum atomic E-state index is -0.685. The number of halogens is 1. The van der Waals surface area contributed by atoms with E-state index in [2.05, 4.69) is 46.4 Å². The van der Waals surface area contributed by atoms with Crippen molar-refractivity contribution >= 4 is 10.9 Å². The fourth-order valence-electron chi connectivity index (χ4n) is 3.78. The molecule has 4 nitrogen and oxygen atoms in total. The molecule has 0 bridgehead atoms. The molecule has 1 atom stereocenters. The predicted octanol–water partition coefficient (Wildman–Crippen LogP) is 2.45. The van der Waals surface area contributed by atoms with E-state index < -0.39 is 6.17 Å². The van der Waals surface area contributed by atoms with E-state index in [1.54, 1.807) is 0 Å². The van der Waals surface area contributed by atoms with Crippen LogP contribution in [0.5, 0.6) is 0 Å². The lowest BCUT2D eigenvalue weighted by Crippen LogP contribution is -2.66. The van der Waals surface area contributed by atoms with E-state index in [-0.39, 0.29) is 5.54 Å². The van der Waals surface area contributed by atoms with Gasteiger partial charge in [0.25, 0.3) is 0 Å². The molecule has 1 unspecified atom stereocenters. The maximum absolute atomic E-state index is 13.5. The number of pyridine rings is 1. The third kappa shape index (κ3) is 2.92. The summed E-state index contributed by atoms with van der Waals surface area (Å²) in [5, 5.41) is 4.71. The first kappa shape index (κ1) is 15.9. The zero-order valence-electron chi connectivity index (χ0n) is 14.1. The first-order chi connectivity index (χ1) is 11.7. The van der Waals surface area contributed by atoms with Crippen LogP contribution in [0.15, 0.2) is 30.5 Å². The molecule has 2 fully saturated rings. The van der Waals surface area contributed by atoms with Crippen molar-refractivity contribution in [2.75, 3.05) is 32.8 Å². The first-order valence-corrected chi connectivity index (χ1v) is 8.68. The van der Waals surface area contributed by atoms with Crippen LogP contribution in [0.2, 0.25) is 0 Å². The van der Waals surface area contributed by atoms with E-state index in [0.29, 0.717) is 26.2 Å². The Labute approximate surface area is 142 Å². The topological polar surface area (TPSA) is 37.4 Å². The number of rotatable bonds is 5. The highest BCUT2D eigenvalue weighted by atomic mass is 19.1. The number of nitrogens with one attached hydrogen (secondary N) is 1. The van der Waals surface area contributed by atoms with Crippen molar-refractivity contribution in [2.45, 2.75) is 31.6 Å². The van der Waals surface area contributed by atoms with Gasteiger partial charge < -0.3 is 10.1 Å². The molecule has 5 heteroatoms. The van der Waals surface area contributed by atoms with Crippen LogP contribution >= 0.6 is 0 Å². The molecular weight excluding hydrogens is 305 g/mol. The summed E-state index contributed by atoms with van der Waals surface area (Å²) in [5.41, 5.74) is 3.42. The Balaban J connectivity index is 1.40. The first-order valence-electron chi connectivity index (χ1n) is 8.68. The fraction of sp³-hybridized carbons (Fsp3) is 0.526. The zero-order valence-corrected chi connectivity index (χ0v) is 14.1. The van der Waals surface area contributed by atoms with Gasteiger partial charge in [-0.05, 0) is 30.5 Å². The summed E-state index contributed by atoms with van der Waals surface area (Å²) >= 11 is 0. The standard InChI is InChI=1S/C19H24FN3O/c1-14-3-2-4-16-7-15(9-22-18(14)16)8-21-11-19(12-24-13-19)23-6-5-17(20)10-23/h2-4,7,9,17,21H,5-6,8,10-13H2,1H3. The molecule has 2 aliphatic heterocycles. The van der Waals surface area contributed by atoms with Crippen LogP contribution < -0.4 is 5.32 Å². The monoisotopic (exact) mass is 329 g/mol. The lowest BCUT2D eigenvalue weighted by atomic mass is 9.95. The number of ether oxygens (including phenoxy) is 1. The van der Waals surface area contributed by atoms with E-state index in [1.165, 1.54) is 16.5 Å². The van der Waals surface area contributed by atoms with Gasteiger partial charge in [-0.2, -0.15) is 0 Å². The number of likely N-dealkylation sites (tertiary alicyclic amines) is 1. The summed E-state index contributed by atoms with van der Waals surface area (Å²) in [6.07, 6.45) is 1.91. The average Bonchev–Trinajstić information content (AvgIpc) is 2.97. The Kier molecular flexibility index (Phi) is 4.24. The molecule has 0 aliphatic carbocycles. The highest BCUT2D eigenvalue weighted by Gasteiger charge is 2.46. The van der Waals surface area contributed by atoms with Crippen LogP contribution in [-0.2, 0) is 11.3 Å². The molecule has 2 aromatic rings. The van der Waals surface area contributed by atoms with Crippen LogP contribution in [0.3, 0.4) is 0 Å². The van der Waals surface area contributed by atoms with Crippen molar-refractivity contribution in [3.05, 3.63) is 41.6 Å². The largest absolute Gasteiger partial charge is 0.377 e. The average molecular weight is 329 g/mol. The predicted molar refractivity (Wildman–Crippen MR) is 92.8 cm³/mol. The highest BCUT2D eigenvalue weighted by Crippen LogP contribution is 2.29. The van der Waals surface area contributed by atoms with Crippen LogP contribution in [0.25, 0.3) is 10.9 Å². The molecular formula is C19H24FN3O. The van der Waals surface area contributed by atoms with Crippen molar-refractivity contribution in [1.29, 1.82) is 0 Å². The van der Waals surface area contributed by atoms with E-state index >= 15 is 0 Å². The van der Waals surface area contributed by atoms with Gasteiger partial charge in [0.1, 0.15) is 6.17 Å². The second kappa shape index (κ2) is 6.39. The van der Waals surface area contributed by atoms with Crippen LogP contribution in [0, 0.1) is 6.92 Å². The Hall–Kier alpha value is -1.56. The van der Waals surface area contributed by atoms with E-state index in [1.807, 2.05) is 6.20 Å². The molecule has 0 radical (unpaired) electrons. The fourth-order valence-corrected chi connectivity index (χ4v) is 3.78. The summed E-state index contributed by atoms with van der Waals surface area (Å²) < 4.78 is 19.0. The quantitative estimate of drug-likeness (QED) is 0.914. The molecule has 0 saturated carbocycles. The molecule has 1 aromatic heterocycles. The van der Waals surface area contributed by atoms with Gasteiger partial charge in [-0.1, -0.05) is 18.2 Å². The van der Waals surface area contributed by atoms with Crippen molar-refractivity contribution < 1.29 is 9.13 Å². The number of alkyl halides is 1. The van der Waals surface area contributed by atoms with Gasteiger partial charge in [-0.3, -0.25) is 9.88 Å². The Bertz CT molecular complexity index is 732. The van der Waals surface area contributed by atoms with Crippen molar-refractivity contribution in [3.63, 3.8) is 0 Å². The van der Waals surface area contributed by atoms with E-state index in [4.69, 9.17) is 4.74 Å². The molecule has 0 spiro atoms. The zero-order chi connectivity index (χ0) is 16.6. The number of hydrogen-bond acceptors (Lipinski definition) is 4. The van der Waals surface area contributed by atoms with Gasteiger partial charge in [-0.15, -0.1) is 0 Å². The van der Waals surface area contributed by atoms with Crippen LogP contribution in [0.4, 0.5) is 4.39 Å². The maximum atomic E-state index is 13.5. The number of para-hydroxylation sites is 1. The summed E-state index contributed by atoms with van der Waals surface area (Å²) in [6, 6.07) is 8.45. The minimum Gasteiger partial charge on any atom is -0.377 e. The molecule has 1 aromatic carbocycles. The van der Waals surface area contributed by atoms with Crippen molar-refractivity contribution in [2.24, 2.45) is 0 Å². The number of benzene rings is 1. The van der Waals surface area contributed by atoms with Gasteiger partial charge >= 0.3 is 0 Å². The lowest BCUT2D eigenvalue weighted by Gasteiger charge is -2.48. The van der Waals surface area contributed by atoms with Crippen molar-refractivity contribution in [3.8, 4) is 0 Å². The number of aromatic nitrogens is 1. The van der Waals surface area contributed by atoms with Gasteiger partial charge in [0.15, 0.2) is 0 Å². The molecule has 3 heterocycles. The Morgan fingerprint density at radius 1 is 1.42 bits per heavy atom. The summed E-state index contributed by atoms with van der Waals surface area (Å²) in [4.78, 5) is 6.85. The summed E-state index contributed by atoms with van der Waals surface area (Å²) in [7, 11) is 0. The number of aryl methyl sites for hydroxylation is 1. The van der Waals surface area contributed by atoms with Crippen molar-refractivity contribution in [1.82, 2.24) is 15.2 Å². The molecule has 2 saturated heterocycles.